The molecule has 0 radical (unpaired) electrons. The standard InChI is InChI=1S/C19H19BrClFN2O/c20-16-6-5-15(18(22)12-16)13-23-7-2-8-24(10-9-23)19(25)14-3-1-4-17(21)11-14/h1,3-6,11-12H,2,7-10,13H2. The highest BCUT2D eigenvalue weighted by Gasteiger charge is 2.21. The third-order valence-corrected chi connectivity index (χ3v) is 5.08. The summed E-state index contributed by atoms with van der Waals surface area (Å²) in [6.07, 6.45) is 0.866. The second-order valence-electron chi connectivity index (χ2n) is 6.17. The first-order valence-electron chi connectivity index (χ1n) is 8.24. The molecule has 132 valence electrons. The number of nitrogens with zero attached hydrogens (tertiary/aromatic N) is 2. The Bertz CT molecular complexity index is 771. The molecule has 1 aliphatic rings. The molecule has 0 saturated carbocycles. The van der Waals surface area contributed by atoms with E-state index in [1.165, 1.54) is 6.07 Å². The van der Waals surface area contributed by atoms with Crippen LogP contribution in [0.3, 0.4) is 0 Å². The van der Waals surface area contributed by atoms with Gasteiger partial charge in [-0.05, 0) is 36.8 Å². The minimum absolute atomic E-state index is 0.000766. The SMILES string of the molecule is O=C(c1cccc(Cl)c1)N1CCCN(Cc2ccc(Br)cc2F)CC1. The monoisotopic (exact) mass is 424 g/mol. The van der Waals surface area contributed by atoms with Crippen LogP contribution < -0.4 is 0 Å². The van der Waals surface area contributed by atoms with Crippen molar-refractivity contribution < 1.29 is 9.18 Å². The fraction of sp³-hybridized carbons (Fsp3) is 0.316. The third kappa shape index (κ3) is 4.81. The van der Waals surface area contributed by atoms with Gasteiger partial charge in [-0.15, -0.1) is 0 Å². The van der Waals surface area contributed by atoms with Crippen molar-refractivity contribution >= 4 is 33.4 Å². The van der Waals surface area contributed by atoms with Gasteiger partial charge in [-0.2, -0.15) is 0 Å². The van der Waals surface area contributed by atoms with E-state index in [2.05, 4.69) is 20.8 Å². The van der Waals surface area contributed by atoms with Gasteiger partial charge in [-0.25, -0.2) is 4.39 Å². The number of benzene rings is 2. The van der Waals surface area contributed by atoms with Gasteiger partial charge in [0.1, 0.15) is 5.82 Å². The lowest BCUT2D eigenvalue weighted by atomic mass is 10.2. The molecule has 0 atom stereocenters. The zero-order valence-corrected chi connectivity index (χ0v) is 16.1. The maximum absolute atomic E-state index is 14.0. The number of carbonyl (C=O) groups excluding carboxylic acids is 1. The molecular weight excluding hydrogens is 407 g/mol. The molecule has 2 aromatic rings. The van der Waals surface area contributed by atoms with Crippen molar-refractivity contribution in [2.75, 3.05) is 26.2 Å². The van der Waals surface area contributed by atoms with Crippen molar-refractivity contribution in [1.29, 1.82) is 0 Å². The van der Waals surface area contributed by atoms with Crippen molar-refractivity contribution in [1.82, 2.24) is 9.80 Å². The van der Waals surface area contributed by atoms with Crippen LogP contribution >= 0.6 is 27.5 Å². The third-order valence-electron chi connectivity index (χ3n) is 4.36. The van der Waals surface area contributed by atoms with Gasteiger partial charge < -0.3 is 4.90 Å². The Morgan fingerprint density at radius 3 is 2.72 bits per heavy atom. The molecule has 2 aromatic carbocycles. The molecule has 1 heterocycles. The van der Waals surface area contributed by atoms with Crippen LogP contribution in [0.1, 0.15) is 22.3 Å². The largest absolute Gasteiger partial charge is 0.337 e. The lowest BCUT2D eigenvalue weighted by molar-refractivity contribution is 0.0761. The highest BCUT2D eigenvalue weighted by atomic mass is 79.9. The van der Waals surface area contributed by atoms with Crippen molar-refractivity contribution in [3.05, 3.63) is 68.9 Å². The number of halogens is 3. The van der Waals surface area contributed by atoms with Gasteiger partial charge in [0.05, 0.1) is 0 Å². The van der Waals surface area contributed by atoms with E-state index in [0.29, 0.717) is 35.8 Å². The van der Waals surface area contributed by atoms with Gasteiger partial charge in [0.15, 0.2) is 0 Å². The molecule has 0 unspecified atom stereocenters. The minimum atomic E-state index is -0.203. The Labute approximate surface area is 160 Å². The fourth-order valence-electron chi connectivity index (χ4n) is 3.03. The average molecular weight is 426 g/mol. The van der Waals surface area contributed by atoms with Crippen LogP contribution in [0.5, 0.6) is 0 Å². The molecule has 1 amide bonds. The second kappa shape index (κ2) is 8.30. The van der Waals surface area contributed by atoms with Crippen LogP contribution in [0.4, 0.5) is 4.39 Å². The summed E-state index contributed by atoms with van der Waals surface area (Å²) in [6.45, 7) is 3.45. The lowest BCUT2D eigenvalue weighted by Crippen LogP contribution is -2.35. The van der Waals surface area contributed by atoms with Gasteiger partial charge in [0.2, 0.25) is 0 Å². The number of rotatable bonds is 3. The van der Waals surface area contributed by atoms with Crippen LogP contribution in [-0.2, 0) is 6.54 Å². The Morgan fingerprint density at radius 1 is 1.12 bits per heavy atom. The van der Waals surface area contributed by atoms with Gasteiger partial charge in [-0.1, -0.05) is 39.7 Å². The second-order valence-corrected chi connectivity index (χ2v) is 7.52. The quantitative estimate of drug-likeness (QED) is 0.718. The summed E-state index contributed by atoms with van der Waals surface area (Å²) >= 11 is 9.26. The summed E-state index contributed by atoms with van der Waals surface area (Å²) in [6, 6.07) is 12.2. The van der Waals surface area contributed by atoms with Gasteiger partial charge in [0.25, 0.3) is 5.91 Å². The van der Waals surface area contributed by atoms with E-state index in [-0.39, 0.29) is 11.7 Å². The summed E-state index contributed by atoms with van der Waals surface area (Å²) in [4.78, 5) is 16.7. The van der Waals surface area contributed by atoms with Gasteiger partial charge >= 0.3 is 0 Å². The van der Waals surface area contributed by atoms with E-state index in [0.717, 1.165) is 24.0 Å². The summed E-state index contributed by atoms with van der Waals surface area (Å²) < 4.78 is 14.8. The zero-order chi connectivity index (χ0) is 17.8. The van der Waals surface area contributed by atoms with E-state index >= 15 is 0 Å². The van der Waals surface area contributed by atoms with Gasteiger partial charge in [0, 0.05) is 53.3 Å². The highest BCUT2D eigenvalue weighted by Crippen LogP contribution is 2.18. The summed E-state index contributed by atoms with van der Waals surface area (Å²) in [5, 5.41) is 0.563. The van der Waals surface area contributed by atoms with Gasteiger partial charge in [-0.3, -0.25) is 9.69 Å². The van der Waals surface area contributed by atoms with Crippen molar-refractivity contribution in [2.24, 2.45) is 0 Å². The molecule has 0 bridgehead atoms. The van der Waals surface area contributed by atoms with Crippen LogP contribution in [-0.4, -0.2) is 41.9 Å². The molecule has 0 aliphatic carbocycles. The maximum Gasteiger partial charge on any atom is 0.253 e. The van der Waals surface area contributed by atoms with E-state index in [1.54, 1.807) is 30.3 Å². The van der Waals surface area contributed by atoms with E-state index in [4.69, 9.17) is 11.6 Å². The molecule has 0 spiro atoms. The Morgan fingerprint density at radius 2 is 1.96 bits per heavy atom. The van der Waals surface area contributed by atoms with Crippen LogP contribution in [0.2, 0.25) is 5.02 Å². The summed E-state index contributed by atoms with van der Waals surface area (Å²) in [5.41, 5.74) is 1.29. The normalized spacial score (nSPS) is 15.9. The van der Waals surface area contributed by atoms with Crippen LogP contribution in [0, 0.1) is 5.82 Å². The predicted molar refractivity (Wildman–Crippen MR) is 101 cm³/mol. The fourth-order valence-corrected chi connectivity index (χ4v) is 3.55. The van der Waals surface area contributed by atoms with Crippen molar-refractivity contribution in [2.45, 2.75) is 13.0 Å². The molecule has 3 nitrogen and oxygen atoms in total. The van der Waals surface area contributed by atoms with Crippen molar-refractivity contribution in [3.8, 4) is 0 Å². The topological polar surface area (TPSA) is 23.6 Å². The Balaban J connectivity index is 1.63. The number of amides is 1. The smallest absolute Gasteiger partial charge is 0.253 e. The van der Waals surface area contributed by atoms with Crippen LogP contribution in [0.25, 0.3) is 0 Å². The minimum Gasteiger partial charge on any atom is -0.337 e. The lowest BCUT2D eigenvalue weighted by Gasteiger charge is -2.22. The molecule has 0 aromatic heterocycles. The number of hydrogen-bond donors (Lipinski definition) is 0. The number of hydrogen-bond acceptors (Lipinski definition) is 2. The number of carbonyl (C=O) groups is 1. The Hall–Kier alpha value is -1.43. The molecule has 1 fully saturated rings. The molecule has 1 saturated heterocycles. The highest BCUT2D eigenvalue weighted by molar-refractivity contribution is 9.10. The molecule has 25 heavy (non-hydrogen) atoms. The Kier molecular flexibility index (Phi) is 6.10. The zero-order valence-electron chi connectivity index (χ0n) is 13.7. The molecule has 1 aliphatic heterocycles. The summed E-state index contributed by atoms with van der Waals surface area (Å²) in [5.74, 6) is -0.204. The van der Waals surface area contributed by atoms with E-state index in [9.17, 15) is 9.18 Å². The first-order valence-corrected chi connectivity index (χ1v) is 9.41. The average Bonchev–Trinajstić information content (AvgIpc) is 2.82. The molecule has 3 rings (SSSR count). The van der Waals surface area contributed by atoms with E-state index < -0.39 is 0 Å². The molecular formula is C19H19BrClFN2O. The maximum atomic E-state index is 14.0. The molecule has 0 N–H and O–H groups in total. The predicted octanol–water partition coefficient (Wildman–Crippen LogP) is 4.59. The first-order chi connectivity index (χ1) is 12.0. The molecule has 6 heteroatoms. The van der Waals surface area contributed by atoms with Crippen molar-refractivity contribution in [3.63, 3.8) is 0 Å². The van der Waals surface area contributed by atoms with E-state index in [1.807, 2.05) is 11.0 Å². The van der Waals surface area contributed by atoms with Crippen LogP contribution in [0.15, 0.2) is 46.9 Å². The summed E-state index contributed by atoms with van der Waals surface area (Å²) in [7, 11) is 0. The first kappa shape index (κ1) is 18.4.